The van der Waals surface area contributed by atoms with Crippen LogP contribution in [0.2, 0.25) is 0 Å². The van der Waals surface area contributed by atoms with Crippen molar-refractivity contribution in [1.29, 1.82) is 0 Å². The van der Waals surface area contributed by atoms with Gasteiger partial charge in [0, 0.05) is 6.54 Å². The molecule has 0 aliphatic heterocycles. The van der Waals surface area contributed by atoms with Gasteiger partial charge in [0.15, 0.2) is 0 Å². The molecule has 0 aliphatic rings. The molecule has 0 fully saturated rings. The first kappa shape index (κ1) is 15.1. The van der Waals surface area contributed by atoms with Gasteiger partial charge in [-0.15, -0.1) is 5.10 Å². The van der Waals surface area contributed by atoms with Crippen LogP contribution < -0.4 is 5.73 Å². The molecule has 104 valence electrons. The van der Waals surface area contributed by atoms with Gasteiger partial charge in [0.25, 0.3) is 0 Å². The lowest BCUT2D eigenvalue weighted by molar-refractivity contribution is 0.118. The van der Waals surface area contributed by atoms with E-state index in [1.807, 2.05) is 0 Å². The maximum Gasteiger partial charge on any atom is 0.109 e. The van der Waals surface area contributed by atoms with E-state index in [0.717, 1.165) is 13.0 Å². The minimum Gasteiger partial charge on any atom is -0.394 e. The SMILES string of the molecule is CCCCCCCn1cc(C(N)(CO)CO)nn1. The smallest absolute Gasteiger partial charge is 0.109 e. The molecule has 0 atom stereocenters. The van der Waals surface area contributed by atoms with E-state index in [-0.39, 0.29) is 13.2 Å². The van der Waals surface area contributed by atoms with Crippen molar-refractivity contribution in [3.05, 3.63) is 11.9 Å². The van der Waals surface area contributed by atoms with Crippen LogP contribution in [0.5, 0.6) is 0 Å². The summed E-state index contributed by atoms with van der Waals surface area (Å²) >= 11 is 0. The molecule has 4 N–H and O–H groups in total. The number of rotatable bonds is 9. The molecule has 0 amide bonds. The van der Waals surface area contributed by atoms with E-state index in [1.54, 1.807) is 10.9 Å². The zero-order chi connectivity index (χ0) is 13.4. The molecule has 1 heterocycles. The van der Waals surface area contributed by atoms with Crippen LogP contribution in [-0.4, -0.2) is 38.4 Å². The molecule has 1 aromatic heterocycles. The van der Waals surface area contributed by atoms with Gasteiger partial charge in [-0.3, -0.25) is 4.68 Å². The molecule has 0 saturated carbocycles. The minimum atomic E-state index is -1.19. The van der Waals surface area contributed by atoms with Crippen LogP contribution in [0.3, 0.4) is 0 Å². The Labute approximate surface area is 108 Å². The van der Waals surface area contributed by atoms with Crippen LogP contribution in [0.15, 0.2) is 6.20 Å². The second kappa shape index (κ2) is 7.45. The van der Waals surface area contributed by atoms with Crippen LogP contribution >= 0.6 is 0 Å². The van der Waals surface area contributed by atoms with Gasteiger partial charge in [-0.2, -0.15) is 0 Å². The predicted molar refractivity (Wildman–Crippen MR) is 68.8 cm³/mol. The Morgan fingerprint density at radius 3 is 2.50 bits per heavy atom. The van der Waals surface area contributed by atoms with Gasteiger partial charge in [0.2, 0.25) is 0 Å². The maximum absolute atomic E-state index is 9.16. The van der Waals surface area contributed by atoms with Crippen LogP contribution in [0.25, 0.3) is 0 Å². The third kappa shape index (κ3) is 4.04. The largest absolute Gasteiger partial charge is 0.394 e. The van der Waals surface area contributed by atoms with Crippen molar-refractivity contribution in [2.45, 2.75) is 51.1 Å². The summed E-state index contributed by atoms with van der Waals surface area (Å²) in [6, 6.07) is 0. The zero-order valence-electron chi connectivity index (χ0n) is 11.0. The van der Waals surface area contributed by atoms with Crippen LogP contribution in [-0.2, 0) is 12.1 Å². The highest BCUT2D eigenvalue weighted by Gasteiger charge is 2.29. The lowest BCUT2D eigenvalue weighted by Crippen LogP contribution is -2.44. The molecule has 0 bridgehead atoms. The summed E-state index contributed by atoms with van der Waals surface area (Å²) in [5.41, 5.74) is 5.05. The van der Waals surface area contributed by atoms with Crippen molar-refractivity contribution in [1.82, 2.24) is 15.0 Å². The molecule has 1 rings (SSSR count). The third-order valence-electron chi connectivity index (χ3n) is 3.10. The van der Waals surface area contributed by atoms with Gasteiger partial charge in [-0.1, -0.05) is 37.8 Å². The van der Waals surface area contributed by atoms with E-state index < -0.39 is 5.54 Å². The highest BCUT2D eigenvalue weighted by atomic mass is 16.3. The molecular weight excluding hydrogens is 232 g/mol. The van der Waals surface area contributed by atoms with E-state index >= 15 is 0 Å². The Morgan fingerprint density at radius 1 is 1.22 bits per heavy atom. The molecule has 0 unspecified atom stereocenters. The summed E-state index contributed by atoms with van der Waals surface area (Å²) in [6.45, 7) is 2.29. The fourth-order valence-corrected chi connectivity index (χ4v) is 1.73. The fourth-order valence-electron chi connectivity index (χ4n) is 1.73. The highest BCUT2D eigenvalue weighted by Crippen LogP contribution is 2.14. The number of aliphatic hydroxyl groups is 2. The normalized spacial score (nSPS) is 12.0. The number of hydrogen-bond donors (Lipinski definition) is 3. The zero-order valence-corrected chi connectivity index (χ0v) is 11.0. The van der Waals surface area contributed by atoms with Gasteiger partial charge in [0.05, 0.1) is 19.4 Å². The second-order valence-corrected chi connectivity index (χ2v) is 4.75. The molecule has 0 radical (unpaired) electrons. The topological polar surface area (TPSA) is 97.2 Å². The molecule has 0 aromatic carbocycles. The van der Waals surface area contributed by atoms with Crippen molar-refractivity contribution < 1.29 is 10.2 Å². The predicted octanol–water partition coefficient (Wildman–Crippen LogP) is 0.387. The molecule has 6 heteroatoms. The Bertz CT molecular complexity index is 337. The lowest BCUT2D eigenvalue weighted by Gasteiger charge is -2.20. The third-order valence-corrected chi connectivity index (χ3v) is 3.10. The van der Waals surface area contributed by atoms with Crippen LogP contribution in [0.4, 0.5) is 0 Å². The number of aromatic nitrogens is 3. The van der Waals surface area contributed by atoms with E-state index in [9.17, 15) is 0 Å². The monoisotopic (exact) mass is 256 g/mol. The fraction of sp³-hybridized carbons (Fsp3) is 0.833. The summed E-state index contributed by atoms with van der Waals surface area (Å²) in [7, 11) is 0. The number of nitrogens with two attached hydrogens (primary N) is 1. The lowest BCUT2D eigenvalue weighted by atomic mass is 10.0. The van der Waals surface area contributed by atoms with Gasteiger partial charge < -0.3 is 15.9 Å². The number of nitrogens with zero attached hydrogens (tertiary/aromatic N) is 3. The number of aryl methyl sites for hydroxylation is 1. The van der Waals surface area contributed by atoms with Gasteiger partial charge in [0.1, 0.15) is 11.2 Å². The van der Waals surface area contributed by atoms with Crippen molar-refractivity contribution in [3.8, 4) is 0 Å². The van der Waals surface area contributed by atoms with E-state index in [2.05, 4.69) is 17.2 Å². The number of unbranched alkanes of at least 4 members (excludes halogenated alkanes) is 4. The first-order chi connectivity index (χ1) is 8.66. The Balaban J connectivity index is 2.43. The highest BCUT2D eigenvalue weighted by molar-refractivity contribution is 5.09. The van der Waals surface area contributed by atoms with E-state index in [1.165, 1.54) is 25.7 Å². The van der Waals surface area contributed by atoms with Gasteiger partial charge >= 0.3 is 0 Å². The molecule has 1 aromatic rings. The summed E-state index contributed by atoms with van der Waals surface area (Å²) in [6.07, 6.45) is 7.67. The number of aliphatic hydroxyl groups excluding tert-OH is 2. The Kier molecular flexibility index (Phi) is 6.24. The van der Waals surface area contributed by atoms with Crippen LogP contribution in [0, 0.1) is 0 Å². The van der Waals surface area contributed by atoms with Gasteiger partial charge in [-0.05, 0) is 6.42 Å². The first-order valence-electron chi connectivity index (χ1n) is 6.57. The summed E-state index contributed by atoms with van der Waals surface area (Å²) in [4.78, 5) is 0. The van der Waals surface area contributed by atoms with Crippen molar-refractivity contribution >= 4 is 0 Å². The van der Waals surface area contributed by atoms with Crippen molar-refractivity contribution in [2.75, 3.05) is 13.2 Å². The molecule has 6 nitrogen and oxygen atoms in total. The minimum absolute atomic E-state index is 0.349. The molecule has 0 spiro atoms. The van der Waals surface area contributed by atoms with Crippen LogP contribution in [0.1, 0.15) is 44.7 Å². The van der Waals surface area contributed by atoms with Gasteiger partial charge in [-0.25, -0.2) is 0 Å². The standard InChI is InChI=1S/C12H24N4O2/c1-2-3-4-5-6-7-16-8-11(14-15-16)12(13,9-17)10-18/h8,17-18H,2-7,9-10,13H2,1H3. The first-order valence-corrected chi connectivity index (χ1v) is 6.57. The quantitative estimate of drug-likeness (QED) is 0.555. The number of hydrogen-bond acceptors (Lipinski definition) is 5. The Morgan fingerprint density at radius 2 is 1.89 bits per heavy atom. The summed E-state index contributed by atoms with van der Waals surface area (Å²) < 4.78 is 1.72. The summed E-state index contributed by atoms with van der Waals surface area (Å²) in [5, 5.41) is 26.2. The summed E-state index contributed by atoms with van der Waals surface area (Å²) in [5.74, 6) is 0. The van der Waals surface area contributed by atoms with Crippen molar-refractivity contribution in [3.63, 3.8) is 0 Å². The second-order valence-electron chi connectivity index (χ2n) is 4.75. The molecule has 0 aliphatic carbocycles. The van der Waals surface area contributed by atoms with Crippen molar-refractivity contribution in [2.24, 2.45) is 5.73 Å². The van der Waals surface area contributed by atoms with E-state index in [0.29, 0.717) is 5.69 Å². The Hall–Kier alpha value is -0.980. The molecular formula is C12H24N4O2. The average Bonchev–Trinajstić information content (AvgIpc) is 2.87. The molecule has 18 heavy (non-hydrogen) atoms. The van der Waals surface area contributed by atoms with E-state index in [4.69, 9.17) is 15.9 Å². The average molecular weight is 256 g/mol. The maximum atomic E-state index is 9.16. The molecule has 0 saturated heterocycles.